The highest BCUT2D eigenvalue weighted by Crippen LogP contribution is 2.25. The first kappa shape index (κ1) is 20.9. The van der Waals surface area contributed by atoms with Crippen molar-refractivity contribution in [3.8, 4) is 0 Å². The van der Waals surface area contributed by atoms with Crippen molar-refractivity contribution < 1.29 is 14.0 Å². The average Bonchev–Trinajstić information content (AvgIpc) is 3.06. The van der Waals surface area contributed by atoms with Gasteiger partial charge in [-0.3, -0.25) is 9.48 Å². The molecule has 0 spiro atoms. The summed E-state index contributed by atoms with van der Waals surface area (Å²) in [4.78, 5) is 25.0. The van der Waals surface area contributed by atoms with E-state index < -0.39 is 11.8 Å². The minimum Gasteiger partial charge on any atom is -0.382 e. The number of halogens is 1. The number of aryl methyl sites for hydroxylation is 1. The van der Waals surface area contributed by atoms with Crippen LogP contribution in [0.2, 0.25) is 0 Å². The highest BCUT2D eigenvalue weighted by atomic mass is 19.1. The quantitative estimate of drug-likeness (QED) is 0.383. The molecule has 4 rings (SSSR count). The van der Waals surface area contributed by atoms with Crippen molar-refractivity contribution in [1.82, 2.24) is 15.1 Å². The SMILES string of the molecule is Cn1nc(N)c2c(C(=O)Nc3cccc(CNC(=O)Nc4cccc(F)c4)c3)cccc21. The third kappa shape index (κ3) is 4.51. The van der Waals surface area contributed by atoms with Gasteiger partial charge in [0.1, 0.15) is 5.82 Å². The molecule has 0 aliphatic carbocycles. The molecule has 32 heavy (non-hydrogen) atoms. The van der Waals surface area contributed by atoms with Crippen molar-refractivity contribution in [2.24, 2.45) is 7.05 Å². The molecule has 0 unspecified atom stereocenters. The summed E-state index contributed by atoms with van der Waals surface area (Å²) in [7, 11) is 1.77. The van der Waals surface area contributed by atoms with E-state index in [1.54, 1.807) is 48.1 Å². The van der Waals surface area contributed by atoms with E-state index in [9.17, 15) is 14.0 Å². The van der Waals surface area contributed by atoms with Crippen LogP contribution >= 0.6 is 0 Å². The highest BCUT2D eigenvalue weighted by Gasteiger charge is 2.16. The number of anilines is 3. The largest absolute Gasteiger partial charge is 0.382 e. The zero-order valence-corrected chi connectivity index (χ0v) is 17.2. The lowest BCUT2D eigenvalue weighted by Crippen LogP contribution is -2.28. The molecule has 0 radical (unpaired) electrons. The van der Waals surface area contributed by atoms with Crippen molar-refractivity contribution in [3.63, 3.8) is 0 Å². The van der Waals surface area contributed by atoms with Gasteiger partial charge in [-0.15, -0.1) is 0 Å². The number of urea groups is 1. The van der Waals surface area contributed by atoms with Crippen LogP contribution in [0.5, 0.6) is 0 Å². The van der Waals surface area contributed by atoms with Crippen molar-refractivity contribution >= 4 is 40.0 Å². The van der Waals surface area contributed by atoms with Gasteiger partial charge < -0.3 is 21.7 Å². The molecule has 1 heterocycles. The van der Waals surface area contributed by atoms with Crippen LogP contribution in [0.15, 0.2) is 66.7 Å². The van der Waals surface area contributed by atoms with Gasteiger partial charge in [-0.05, 0) is 48.0 Å². The number of rotatable bonds is 5. The molecule has 9 heteroatoms. The maximum Gasteiger partial charge on any atom is 0.319 e. The predicted octanol–water partition coefficient (Wildman–Crippen LogP) is 3.87. The van der Waals surface area contributed by atoms with E-state index in [-0.39, 0.29) is 18.3 Å². The fraction of sp³-hybridized carbons (Fsp3) is 0.0870. The summed E-state index contributed by atoms with van der Waals surface area (Å²) < 4.78 is 14.9. The number of nitrogens with two attached hydrogens (primary N) is 1. The number of fused-ring (bicyclic) bond motifs is 1. The summed E-state index contributed by atoms with van der Waals surface area (Å²) in [5.74, 6) is -0.463. The Labute approximate surface area is 183 Å². The lowest BCUT2D eigenvalue weighted by atomic mass is 10.1. The Hall–Kier alpha value is -4.40. The van der Waals surface area contributed by atoms with Crippen LogP contribution in [-0.4, -0.2) is 21.7 Å². The second-order valence-electron chi connectivity index (χ2n) is 7.18. The number of carbonyl (C=O) groups is 2. The van der Waals surface area contributed by atoms with Crippen molar-refractivity contribution in [1.29, 1.82) is 0 Å². The van der Waals surface area contributed by atoms with Crippen LogP contribution in [0.4, 0.5) is 26.4 Å². The van der Waals surface area contributed by atoms with Gasteiger partial charge in [0.2, 0.25) is 0 Å². The van der Waals surface area contributed by atoms with Gasteiger partial charge in [-0.2, -0.15) is 5.10 Å². The minimum atomic E-state index is -0.469. The van der Waals surface area contributed by atoms with Gasteiger partial charge in [0.15, 0.2) is 5.82 Å². The minimum absolute atomic E-state index is 0.218. The number of aromatic nitrogens is 2. The molecule has 0 bridgehead atoms. The highest BCUT2D eigenvalue weighted by molar-refractivity contribution is 6.15. The molecule has 0 saturated heterocycles. The van der Waals surface area contributed by atoms with Crippen molar-refractivity contribution in [2.75, 3.05) is 16.4 Å². The number of hydrogen-bond donors (Lipinski definition) is 4. The molecule has 0 aliphatic rings. The zero-order chi connectivity index (χ0) is 22.7. The number of hydrogen-bond acceptors (Lipinski definition) is 4. The molecule has 8 nitrogen and oxygen atoms in total. The summed E-state index contributed by atoms with van der Waals surface area (Å²) in [5.41, 5.74) is 8.87. The van der Waals surface area contributed by atoms with Crippen molar-refractivity contribution in [2.45, 2.75) is 6.54 Å². The maximum absolute atomic E-state index is 13.2. The first-order valence-corrected chi connectivity index (χ1v) is 9.82. The summed E-state index contributed by atoms with van der Waals surface area (Å²) in [6, 6.07) is 17.6. The Balaban J connectivity index is 1.42. The average molecular weight is 432 g/mol. The van der Waals surface area contributed by atoms with Crippen LogP contribution in [0.1, 0.15) is 15.9 Å². The molecule has 0 atom stereocenters. The first-order chi connectivity index (χ1) is 15.4. The van der Waals surface area contributed by atoms with E-state index in [1.165, 1.54) is 18.2 Å². The van der Waals surface area contributed by atoms with Crippen LogP contribution in [-0.2, 0) is 13.6 Å². The van der Waals surface area contributed by atoms with Crippen LogP contribution < -0.4 is 21.7 Å². The van der Waals surface area contributed by atoms with Crippen LogP contribution in [0.3, 0.4) is 0 Å². The number of nitrogens with zero attached hydrogens (tertiary/aromatic N) is 2. The third-order valence-electron chi connectivity index (χ3n) is 4.87. The summed E-state index contributed by atoms with van der Waals surface area (Å²) in [6.45, 7) is 0.218. The van der Waals surface area contributed by atoms with E-state index in [0.29, 0.717) is 22.3 Å². The first-order valence-electron chi connectivity index (χ1n) is 9.82. The van der Waals surface area contributed by atoms with Crippen LogP contribution in [0, 0.1) is 5.82 Å². The maximum atomic E-state index is 13.2. The second-order valence-corrected chi connectivity index (χ2v) is 7.18. The van der Waals surface area contributed by atoms with Crippen LogP contribution in [0.25, 0.3) is 10.9 Å². The van der Waals surface area contributed by atoms with Gasteiger partial charge in [0.05, 0.1) is 16.5 Å². The normalized spacial score (nSPS) is 10.7. The van der Waals surface area contributed by atoms with Gasteiger partial charge in [-0.1, -0.05) is 24.3 Å². The Morgan fingerprint density at radius 2 is 1.72 bits per heavy atom. The molecular weight excluding hydrogens is 411 g/mol. The summed E-state index contributed by atoms with van der Waals surface area (Å²) in [6.07, 6.45) is 0. The Kier molecular flexibility index (Phi) is 5.71. The van der Waals surface area contributed by atoms with Gasteiger partial charge in [0, 0.05) is 25.0 Å². The molecule has 0 aliphatic heterocycles. The Morgan fingerprint density at radius 3 is 2.50 bits per heavy atom. The molecule has 162 valence electrons. The molecule has 3 aromatic carbocycles. The molecular formula is C23H21FN6O2. The number of nitrogen functional groups attached to an aromatic ring is 1. The number of carbonyl (C=O) groups excluding carboxylic acids is 2. The standard InChI is InChI=1S/C23H21FN6O2/c1-30-19-10-4-9-18(20(19)21(25)29-30)22(31)27-16-7-2-5-14(11-16)13-26-23(32)28-17-8-3-6-15(24)12-17/h2-12H,13H2,1H3,(H2,25,29)(H,27,31)(H2,26,28,32). The smallest absolute Gasteiger partial charge is 0.319 e. The molecule has 5 N–H and O–H groups in total. The van der Waals surface area contributed by atoms with E-state index in [2.05, 4.69) is 21.0 Å². The zero-order valence-electron chi connectivity index (χ0n) is 17.2. The molecule has 0 fully saturated rings. The van der Waals surface area contributed by atoms with Crippen molar-refractivity contribution in [3.05, 3.63) is 83.7 Å². The number of benzene rings is 3. The van der Waals surface area contributed by atoms with E-state index >= 15 is 0 Å². The van der Waals surface area contributed by atoms with E-state index in [4.69, 9.17) is 5.73 Å². The Bertz CT molecular complexity index is 1320. The third-order valence-corrected chi connectivity index (χ3v) is 4.87. The Morgan fingerprint density at radius 1 is 1.00 bits per heavy atom. The number of amides is 3. The number of nitrogens with one attached hydrogen (secondary N) is 3. The summed E-state index contributed by atoms with van der Waals surface area (Å²) in [5, 5.41) is 12.9. The molecule has 4 aromatic rings. The fourth-order valence-corrected chi connectivity index (χ4v) is 3.42. The van der Waals surface area contributed by atoms with Gasteiger partial charge in [-0.25, -0.2) is 9.18 Å². The lowest BCUT2D eigenvalue weighted by molar-refractivity contribution is 0.102. The molecule has 3 amide bonds. The molecule has 0 saturated carbocycles. The fourth-order valence-electron chi connectivity index (χ4n) is 3.42. The van der Waals surface area contributed by atoms with E-state index in [1.807, 2.05) is 12.1 Å². The van der Waals surface area contributed by atoms with Gasteiger partial charge >= 0.3 is 6.03 Å². The summed E-state index contributed by atoms with van der Waals surface area (Å²) >= 11 is 0. The lowest BCUT2D eigenvalue weighted by Gasteiger charge is -2.10. The monoisotopic (exact) mass is 432 g/mol. The topological polar surface area (TPSA) is 114 Å². The second kappa shape index (κ2) is 8.76. The predicted molar refractivity (Wildman–Crippen MR) is 122 cm³/mol. The molecule has 1 aromatic heterocycles. The van der Waals surface area contributed by atoms with Gasteiger partial charge in [0.25, 0.3) is 5.91 Å². The van der Waals surface area contributed by atoms with E-state index in [0.717, 1.165) is 11.1 Å².